The number of rotatable bonds is 4. The van der Waals surface area contributed by atoms with Crippen molar-refractivity contribution in [3.63, 3.8) is 0 Å². The lowest BCUT2D eigenvalue weighted by molar-refractivity contribution is 0.0151. The summed E-state index contributed by atoms with van der Waals surface area (Å²) in [5.74, 6) is 0. The summed E-state index contributed by atoms with van der Waals surface area (Å²) >= 11 is 0. The summed E-state index contributed by atoms with van der Waals surface area (Å²) in [6.07, 6.45) is -0.382. The second-order valence-corrected chi connectivity index (χ2v) is 4.10. The van der Waals surface area contributed by atoms with Gasteiger partial charge in [-0.2, -0.15) is 0 Å². The summed E-state index contributed by atoms with van der Waals surface area (Å²) in [5.41, 5.74) is 6.07. The van der Waals surface area contributed by atoms with Crippen LogP contribution in [0.25, 0.3) is 10.9 Å². The fourth-order valence-electron chi connectivity index (χ4n) is 1.82. The number of nitrogens with two attached hydrogens (primary N) is 1. The molecule has 0 fully saturated rings. The van der Waals surface area contributed by atoms with Crippen LogP contribution >= 0.6 is 0 Å². The number of fused-ring (bicyclic) bond motifs is 1. The fourth-order valence-corrected chi connectivity index (χ4v) is 1.82. The van der Waals surface area contributed by atoms with Gasteiger partial charge in [-0.1, -0.05) is 6.07 Å². The van der Waals surface area contributed by atoms with Gasteiger partial charge in [0.25, 0.3) is 5.56 Å². The van der Waals surface area contributed by atoms with E-state index in [1.54, 1.807) is 12.1 Å². The van der Waals surface area contributed by atoms with Gasteiger partial charge in [0.05, 0.1) is 23.3 Å². The van der Waals surface area contributed by atoms with Crippen molar-refractivity contribution in [1.29, 1.82) is 0 Å². The van der Waals surface area contributed by atoms with Crippen molar-refractivity contribution >= 4 is 10.9 Å². The molecule has 6 heteroatoms. The van der Waals surface area contributed by atoms with Crippen LogP contribution in [0, 0.1) is 0 Å². The highest BCUT2D eigenvalue weighted by Gasteiger charge is 2.18. The summed E-state index contributed by atoms with van der Waals surface area (Å²) in [6.45, 7) is 0.286. The SMILES string of the molecule is NCCC(O)C(O)c1ccc2nc[nH]c(=O)c2c1. The maximum atomic E-state index is 11.6. The largest absolute Gasteiger partial charge is 0.390 e. The highest BCUT2D eigenvalue weighted by atomic mass is 16.3. The summed E-state index contributed by atoms with van der Waals surface area (Å²) in [4.78, 5) is 18.1. The first-order valence-corrected chi connectivity index (χ1v) is 5.67. The number of benzene rings is 1. The van der Waals surface area contributed by atoms with Gasteiger partial charge in [0, 0.05) is 0 Å². The summed E-state index contributed by atoms with van der Waals surface area (Å²) < 4.78 is 0. The number of aliphatic hydroxyl groups excluding tert-OH is 2. The average molecular weight is 249 g/mol. The molecule has 5 N–H and O–H groups in total. The molecule has 0 aliphatic rings. The monoisotopic (exact) mass is 249 g/mol. The van der Waals surface area contributed by atoms with Crippen LogP contribution in [0.3, 0.4) is 0 Å². The Labute approximate surface area is 103 Å². The molecule has 0 aliphatic carbocycles. The van der Waals surface area contributed by atoms with Crippen LogP contribution in [0.1, 0.15) is 18.1 Å². The Kier molecular flexibility index (Phi) is 3.71. The van der Waals surface area contributed by atoms with Crippen molar-refractivity contribution < 1.29 is 10.2 Å². The van der Waals surface area contributed by atoms with Gasteiger partial charge in [-0.25, -0.2) is 4.98 Å². The molecule has 0 saturated carbocycles. The minimum atomic E-state index is -1.06. The number of nitrogens with zero attached hydrogens (tertiary/aromatic N) is 1. The van der Waals surface area contributed by atoms with Crippen molar-refractivity contribution in [3.05, 3.63) is 40.4 Å². The summed E-state index contributed by atoms with van der Waals surface area (Å²) in [5, 5.41) is 20.0. The molecule has 1 aromatic carbocycles. The second-order valence-electron chi connectivity index (χ2n) is 4.10. The van der Waals surface area contributed by atoms with E-state index in [0.717, 1.165) is 0 Å². The maximum Gasteiger partial charge on any atom is 0.258 e. The molecule has 0 amide bonds. The van der Waals surface area contributed by atoms with Gasteiger partial charge in [0.1, 0.15) is 6.10 Å². The number of nitrogens with one attached hydrogen (secondary N) is 1. The lowest BCUT2D eigenvalue weighted by atomic mass is 10.0. The third-order valence-electron chi connectivity index (χ3n) is 2.83. The number of aliphatic hydroxyl groups is 2. The van der Waals surface area contributed by atoms with E-state index in [1.165, 1.54) is 12.4 Å². The van der Waals surface area contributed by atoms with Crippen molar-refractivity contribution in [3.8, 4) is 0 Å². The molecule has 2 atom stereocenters. The highest BCUT2D eigenvalue weighted by Crippen LogP contribution is 2.21. The van der Waals surface area contributed by atoms with E-state index in [1.807, 2.05) is 0 Å². The topological polar surface area (TPSA) is 112 Å². The normalized spacial score (nSPS) is 14.6. The molecular formula is C12H15N3O3. The quantitative estimate of drug-likeness (QED) is 0.592. The molecule has 2 aromatic rings. The van der Waals surface area contributed by atoms with Gasteiger partial charge in [-0.15, -0.1) is 0 Å². The van der Waals surface area contributed by atoms with Crippen LogP contribution in [-0.4, -0.2) is 32.8 Å². The lowest BCUT2D eigenvalue weighted by Crippen LogP contribution is -2.22. The lowest BCUT2D eigenvalue weighted by Gasteiger charge is -2.17. The van der Waals surface area contributed by atoms with Crippen molar-refractivity contribution in [2.75, 3.05) is 6.54 Å². The van der Waals surface area contributed by atoms with Gasteiger partial charge >= 0.3 is 0 Å². The predicted octanol–water partition coefficient (Wildman–Crippen LogP) is -0.334. The Balaban J connectivity index is 2.40. The average Bonchev–Trinajstić information content (AvgIpc) is 2.38. The number of hydrogen-bond acceptors (Lipinski definition) is 5. The Morgan fingerprint density at radius 2 is 2.17 bits per heavy atom. The molecule has 6 nitrogen and oxygen atoms in total. The standard InChI is InChI=1S/C12H15N3O3/c13-4-3-10(16)11(17)7-1-2-9-8(5-7)12(18)15-6-14-9/h1-2,5-6,10-11,16-17H,3-4,13H2,(H,14,15,18). The van der Waals surface area contributed by atoms with Crippen molar-refractivity contribution in [2.24, 2.45) is 5.73 Å². The zero-order chi connectivity index (χ0) is 13.1. The van der Waals surface area contributed by atoms with Crippen molar-refractivity contribution in [1.82, 2.24) is 9.97 Å². The maximum absolute atomic E-state index is 11.6. The molecular weight excluding hydrogens is 234 g/mol. The van der Waals surface area contributed by atoms with Gasteiger partial charge in [-0.05, 0) is 30.7 Å². The van der Waals surface area contributed by atoms with Gasteiger partial charge in [0.15, 0.2) is 0 Å². The van der Waals surface area contributed by atoms with Crippen LogP contribution in [-0.2, 0) is 0 Å². The molecule has 1 heterocycles. The molecule has 1 aromatic heterocycles. The molecule has 0 aliphatic heterocycles. The number of hydrogen-bond donors (Lipinski definition) is 4. The third-order valence-corrected chi connectivity index (χ3v) is 2.83. The van der Waals surface area contributed by atoms with Crippen LogP contribution in [0.2, 0.25) is 0 Å². The Morgan fingerprint density at radius 3 is 2.89 bits per heavy atom. The minimum absolute atomic E-state index is 0.276. The first-order valence-electron chi connectivity index (χ1n) is 5.67. The summed E-state index contributed by atoms with van der Waals surface area (Å²) in [6, 6.07) is 4.81. The van der Waals surface area contributed by atoms with Crippen LogP contribution in [0.4, 0.5) is 0 Å². The minimum Gasteiger partial charge on any atom is -0.390 e. The second kappa shape index (κ2) is 5.26. The van der Waals surface area contributed by atoms with E-state index < -0.39 is 12.2 Å². The molecule has 18 heavy (non-hydrogen) atoms. The molecule has 96 valence electrons. The first kappa shape index (κ1) is 12.7. The van der Waals surface area contributed by atoms with E-state index in [4.69, 9.17) is 5.73 Å². The van der Waals surface area contributed by atoms with Gasteiger partial charge in [-0.3, -0.25) is 4.79 Å². The van der Waals surface area contributed by atoms with Crippen LogP contribution < -0.4 is 11.3 Å². The van der Waals surface area contributed by atoms with E-state index in [9.17, 15) is 15.0 Å². The predicted molar refractivity (Wildman–Crippen MR) is 67.0 cm³/mol. The number of aromatic amines is 1. The first-order chi connectivity index (χ1) is 8.63. The van der Waals surface area contributed by atoms with Crippen LogP contribution in [0.5, 0.6) is 0 Å². The van der Waals surface area contributed by atoms with E-state index in [2.05, 4.69) is 9.97 Å². The van der Waals surface area contributed by atoms with Crippen LogP contribution in [0.15, 0.2) is 29.3 Å². The Hall–Kier alpha value is -1.76. The molecule has 0 radical (unpaired) electrons. The fraction of sp³-hybridized carbons (Fsp3) is 0.333. The van der Waals surface area contributed by atoms with E-state index in [0.29, 0.717) is 22.9 Å². The molecule has 2 rings (SSSR count). The molecule has 2 unspecified atom stereocenters. The Bertz CT molecular complexity index is 596. The zero-order valence-corrected chi connectivity index (χ0v) is 9.71. The third kappa shape index (κ3) is 2.40. The van der Waals surface area contributed by atoms with E-state index in [-0.39, 0.29) is 12.1 Å². The van der Waals surface area contributed by atoms with Gasteiger partial charge in [0.2, 0.25) is 0 Å². The van der Waals surface area contributed by atoms with Crippen molar-refractivity contribution in [2.45, 2.75) is 18.6 Å². The Morgan fingerprint density at radius 1 is 1.39 bits per heavy atom. The molecule has 0 bridgehead atoms. The molecule has 0 saturated heterocycles. The molecule has 0 spiro atoms. The van der Waals surface area contributed by atoms with E-state index >= 15 is 0 Å². The summed E-state index contributed by atoms with van der Waals surface area (Å²) in [7, 11) is 0. The zero-order valence-electron chi connectivity index (χ0n) is 9.71. The van der Waals surface area contributed by atoms with Gasteiger partial charge < -0.3 is 20.9 Å². The number of H-pyrrole nitrogens is 1. The smallest absolute Gasteiger partial charge is 0.258 e. The highest BCUT2D eigenvalue weighted by molar-refractivity contribution is 5.77. The number of aromatic nitrogens is 2.